The molecule has 0 amide bonds. The fraction of sp³-hybridized carbons (Fsp3) is 0.348. The molecular weight excluding hydrogens is 396 g/mol. The number of fused-ring (bicyclic) bond motifs is 1. The maximum Gasteiger partial charge on any atom is 0.241 e. The van der Waals surface area contributed by atoms with E-state index in [4.69, 9.17) is 5.14 Å². The maximum atomic E-state index is 11.4. The molecule has 158 valence electrons. The Morgan fingerprint density at radius 1 is 1.17 bits per heavy atom. The second-order valence-electron chi connectivity index (χ2n) is 8.09. The zero-order chi connectivity index (χ0) is 21.1. The van der Waals surface area contributed by atoms with E-state index in [-0.39, 0.29) is 4.90 Å². The number of rotatable bonds is 8. The number of primary sulfonamides is 1. The van der Waals surface area contributed by atoms with Crippen LogP contribution in [0.4, 0.5) is 0 Å². The minimum Gasteiger partial charge on any atom is -0.319 e. The van der Waals surface area contributed by atoms with Gasteiger partial charge >= 0.3 is 0 Å². The number of aryl methyl sites for hydroxylation is 2. The summed E-state index contributed by atoms with van der Waals surface area (Å²) in [4.78, 5) is 0.0503. The second kappa shape index (κ2) is 8.71. The predicted octanol–water partition coefficient (Wildman–Crippen LogP) is 2.49. The van der Waals surface area contributed by atoms with E-state index in [9.17, 15) is 8.42 Å². The summed E-state index contributed by atoms with van der Waals surface area (Å²) in [6.45, 7) is 1.61. The van der Waals surface area contributed by atoms with Gasteiger partial charge < -0.3 is 5.32 Å². The number of benzene rings is 2. The molecule has 6 nitrogen and oxygen atoms in total. The number of hydrogen-bond acceptors (Lipinski definition) is 4. The average molecular weight is 425 g/mol. The molecule has 0 saturated carbocycles. The molecule has 7 heteroatoms. The van der Waals surface area contributed by atoms with Crippen LogP contribution in [-0.2, 0) is 35.8 Å². The van der Waals surface area contributed by atoms with E-state index in [1.807, 2.05) is 7.05 Å². The van der Waals surface area contributed by atoms with Gasteiger partial charge in [-0.2, -0.15) is 5.10 Å². The third-order valence-electron chi connectivity index (χ3n) is 5.99. The van der Waals surface area contributed by atoms with Crippen LogP contribution in [0.3, 0.4) is 0 Å². The molecule has 0 bridgehead atoms. The Kier molecular flexibility index (Phi) is 6.04. The van der Waals surface area contributed by atoms with Crippen LogP contribution >= 0.6 is 0 Å². The van der Waals surface area contributed by atoms with Crippen LogP contribution in [0.25, 0.3) is 0 Å². The summed E-state index contributed by atoms with van der Waals surface area (Å²) in [5, 5.41) is 12.7. The van der Waals surface area contributed by atoms with Crippen molar-refractivity contribution in [2.45, 2.75) is 36.6 Å². The van der Waals surface area contributed by atoms with E-state index in [0.717, 1.165) is 25.8 Å². The number of nitrogens with zero attached hydrogens (tertiary/aromatic N) is 2. The first-order valence-corrected chi connectivity index (χ1v) is 11.8. The van der Waals surface area contributed by atoms with Crippen molar-refractivity contribution >= 4 is 10.0 Å². The third kappa shape index (κ3) is 4.64. The highest BCUT2D eigenvalue weighted by atomic mass is 32.2. The molecule has 2 unspecified atom stereocenters. The summed E-state index contributed by atoms with van der Waals surface area (Å²) >= 11 is 0. The first-order chi connectivity index (χ1) is 14.4. The van der Waals surface area contributed by atoms with Crippen molar-refractivity contribution in [2.24, 2.45) is 11.1 Å². The first kappa shape index (κ1) is 20.8. The fourth-order valence-corrected chi connectivity index (χ4v) is 4.95. The van der Waals surface area contributed by atoms with E-state index in [1.165, 1.54) is 34.6 Å². The third-order valence-corrected chi connectivity index (χ3v) is 6.86. The van der Waals surface area contributed by atoms with E-state index in [0.29, 0.717) is 18.4 Å². The molecule has 1 aliphatic rings. The lowest BCUT2D eigenvalue weighted by Gasteiger charge is -2.21. The molecular formula is C23H28N4O2S. The van der Waals surface area contributed by atoms with Crippen molar-refractivity contribution in [1.82, 2.24) is 15.1 Å². The van der Waals surface area contributed by atoms with Crippen LogP contribution in [0.2, 0.25) is 0 Å². The molecule has 3 N–H and O–H groups in total. The summed E-state index contributed by atoms with van der Waals surface area (Å²) in [6, 6.07) is 17.5. The lowest BCUT2D eigenvalue weighted by molar-refractivity contribution is 0.436. The summed E-state index contributed by atoms with van der Waals surface area (Å²) in [5.41, 5.74) is 5.50. The molecule has 4 rings (SSSR count). The van der Waals surface area contributed by atoms with Crippen molar-refractivity contribution in [3.63, 3.8) is 0 Å². The smallest absolute Gasteiger partial charge is 0.241 e. The summed E-state index contributed by atoms with van der Waals surface area (Å²) in [7, 11) is -1.69. The lowest BCUT2D eigenvalue weighted by atomic mass is 9.86. The Labute approximate surface area is 178 Å². The molecule has 1 aliphatic carbocycles. The van der Waals surface area contributed by atoms with Crippen molar-refractivity contribution < 1.29 is 8.42 Å². The van der Waals surface area contributed by atoms with E-state index >= 15 is 0 Å². The van der Waals surface area contributed by atoms with E-state index in [1.54, 1.807) is 4.68 Å². The zero-order valence-electron chi connectivity index (χ0n) is 17.2. The van der Waals surface area contributed by atoms with Gasteiger partial charge in [0.2, 0.25) is 10.0 Å². The van der Waals surface area contributed by atoms with Crippen molar-refractivity contribution in [3.8, 4) is 0 Å². The van der Waals surface area contributed by atoms with Gasteiger partial charge in [0.25, 0.3) is 0 Å². The van der Waals surface area contributed by atoms with Crippen molar-refractivity contribution in [3.05, 3.63) is 83.2 Å². The Morgan fingerprint density at radius 2 is 1.97 bits per heavy atom. The van der Waals surface area contributed by atoms with Crippen LogP contribution in [0.15, 0.2) is 65.8 Å². The number of sulfonamides is 1. The molecule has 2 aromatic carbocycles. The molecule has 0 radical (unpaired) electrons. The quantitative estimate of drug-likeness (QED) is 0.581. The van der Waals surface area contributed by atoms with Gasteiger partial charge in [-0.15, -0.1) is 0 Å². The average Bonchev–Trinajstić information content (AvgIpc) is 3.33. The Hall–Kier alpha value is -2.48. The van der Waals surface area contributed by atoms with Crippen LogP contribution in [0.1, 0.15) is 28.2 Å². The number of nitrogens with two attached hydrogens (primary N) is 1. The Bertz CT molecular complexity index is 1110. The lowest BCUT2D eigenvalue weighted by Crippen LogP contribution is -2.23. The molecule has 30 heavy (non-hydrogen) atoms. The summed E-state index contributed by atoms with van der Waals surface area (Å²) in [5.74, 6) is 1.08. The summed E-state index contributed by atoms with van der Waals surface area (Å²) in [6.07, 6.45) is 5.72. The topological polar surface area (TPSA) is 90.0 Å². The first-order valence-electron chi connectivity index (χ1n) is 10.3. The molecule has 1 aromatic heterocycles. The SMILES string of the molecule is CNCC1Cc2ccc(CCn3cc(S(N)(=O)=O)cn3)cc2C1Cc1ccccc1. The zero-order valence-corrected chi connectivity index (χ0v) is 18.0. The van der Waals surface area contributed by atoms with Gasteiger partial charge in [-0.3, -0.25) is 4.68 Å². The summed E-state index contributed by atoms with van der Waals surface area (Å²) < 4.78 is 24.5. The molecule has 0 aliphatic heterocycles. The number of hydrogen-bond donors (Lipinski definition) is 2. The van der Waals surface area contributed by atoms with Crippen LogP contribution < -0.4 is 10.5 Å². The molecule has 0 fully saturated rings. The molecule has 0 saturated heterocycles. The van der Waals surface area contributed by atoms with Gasteiger partial charge in [-0.25, -0.2) is 13.6 Å². The molecule has 3 aromatic rings. The number of nitrogens with one attached hydrogen (secondary N) is 1. The van der Waals surface area contributed by atoms with Gasteiger partial charge in [0.05, 0.1) is 6.20 Å². The maximum absolute atomic E-state index is 11.4. The van der Waals surface area contributed by atoms with E-state index < -0.39 is 10.0 Å². The van der Waals surface area contributed by atoms with Crippen LogP contribution in [0.5, 0.6) is 0 Å². The van der Waals surface area contributed by atoms with Crippen LogP contribution in [0, 0.1) is 5.92 Å². The highest BCUT2D eigenvalue weighted by Gasteiger charge is 2.32. The minimum atomic E-state index is -3.71. The molecule has 1 heterocycles. The second-order valence-corrected chi connectivity index (χ2v) is 9.65. The fourth-order valence-electron chi connectivity index (χ4n) is 4.49. The predicted molar refractivity (Wildman–Crippen MR) is 118 cm³/mol. The standard InChI is InChI=1S/C23H28N4O2S/c1-25-14-20-13-19-8-7-18(9-10-27-16-21(15-26-27)30(24,28)29)12-22(19)23(20)11-17-5-3-2-4-6-17/h2-8,12,15-16,20,23,25H,9-11,13-14H2,1H3,(H2,24,28,29). The van der Waals surface area contributed by atoms with Gasteiger partial charge in [0.1, 0.15) is 4.90 Å². The highest BCUT2D eigenvalue weighted by Crippen LogP contribution is 2.40. The molecule has 0 spiro atoms. The Balaban J connectivity index is 1.52. The van der Waals surface area contributed by atoms with Crippen molar-refractivity contribution in [1.29, 1.82) is 0 Å². The van der Waals surface area contributed by atoms with Crippen LogP contribution in [-0.4, -0.2) is 31.8 Å². The molecule has 2 atom stereocenters. The monoisotopic (exact) mass is 424 g/mol. The van der Waals surface area contributed by atoms with Gasteiger partial charge in [-0.1, -0.05) is 48.5 Å². The highest BCUT2D eigenvalue weighted by molar-refractivity contribution is 7.89. The van der Waals surface area contributed by atoms with E-state index in [2.05, 4.69) is 58.9 Å². The van der Waals surface area contributed by atoms with Gasteiger partial charge in [-0.05, 0) is 66.9 Å². The normalized spacial score (nSPS) is 18.5. The largest absolute Gasteiger partial charge is 0.319 e. The number of aromatic nitrogens is 2. The Morgan fingerprint density at radius 3 is 2.67 bits per heavy atom. The minimum absolute atomic E-state index is 0.0503. The van der Waals surface area contributed by atoms with Crippen molar-refractivity contribution in [2.75, 3.05) is 13.6 Å². The van der Waals surface area contributed by atoms with Gasteiger partial charge in [0.15, 0.2) is 0 Å². The van der Waals surface area contributed by atoms with Gasteiger partial charge in [0, 0.05) is 12.7 Å².